The van der Waals surface area contributed by atoms with E-state index in [1.807, 2.05) is 6.07 Å². The Morgan fingerprint density at radius 1 is 1.11 bits per heavy atom. The maximum atomic E-state index is 12.0. The Kier molecular flexibility index (Phi) is 6.39. The van der Waals surface area contributed by atoms with Crippen molar-refractivity contribution in [2.75, 3.05) is 6.61 Å². The average Bonchev–Trinajstić information content (AvgIpc) is 2.70. The third-order valence-corrected chi connectivity index (χ3v) is 4.39. The number of carbonyl (C=O) groups is 2. The molecule has 0 unspecified atom stereocenters. The third-order valence-electron chi connectivity index (χ3n) is 4.03. The molecule has 0 saturated carbocycles. The molecular weight excluding hydrogens is 382 g/mol. The Balaban J connectivity index is 1.45. The van der Waals surface area contributed by atoms with E-state index in [2.05, 4.69) is 15.3 Å². The molecule has 0 aliphatic heterocycles. The van der Waals surface area contributed by atoms with Crippen molar-refractivity contribution in [2.24, 2.45) is 0 Å². The summed E-state index contributed by atoms with van der Waals surface area (Å²) in [4.78, 5) is 42.6. The Bertz CT molecular complexity index is 1060. The van der Waals surface area contributed by atoms with Crippen LogP contribution in [0, 0.1) is 0 Å². The molecule has 2 aromatic carbocycles. The van der Waals surface area contributed by atoms with E-state index in [1.165, 1.54) is 0 Å². The van der Waals surface area contributed by atoms with Crippen molar-refractivity contribution in [2.45, 2.75) is 19.4 Å². The smallest absolute Gasteiger partial charge is 0.306 e. The van der Waals surface area contributed by atoms with Gasteiger partial charge in [0.2, 0.25) is 0 Å². The van der Waals surface area contributed by atoms with E-state index >= 15 is 0 Å². The van der Waals surface area contributed by atoms with E-state index in [0.29, 0.717) is 21.7 Å². The van der Waals surface area contributed by atoms with E-state index in [9.17, 15) is 14.4 Å². The highest BCUT2D eigenvalue weighted by Crippen LogP contribution is 2.14. The summed E-state index contributed by atoms with van der Waals surface area (Å²) in [5.74, 6) is -0.585. The fourth-order valence-corrected chi connectivity index (χ4v) is 2.78. The number of halogens is 1. The molecule has 0 aliphatic carbocycles. The number of amides is 1. The number of hydrogen-bond donors (Lipinski definition) is 2. The second-order valence-corrected chi connectivity index (χ2v) is 6.47. The predicted molar refractivity (Wildman–Crippen MR) is 105 cm³/mol. The molecule has 1 aromatic heterocycles. The van der Waals surface area contributed by atoms with Gasteiger partial charge in [0.15, 0.2) is 6.61 Å². The van der Waals surface area contributed by atoms with Crippen LogP contribution in [0.2, 0.25) is 5.02 Å². The van der Waals surface area contributed by atoms with Gasteiger partial charge in [-0.15, -0.1) is 0 Å². The van der Waals surface area contributed by atoms with Crippen LogP contribution in [0.25, 0.3) is 10.9 Å². The van der Waals surface area contributed by atoms with Crippen LogP contribution in [0.5, 0.6) is 0 Å². The largest absolute Gasteiger partial charge is 0.456 e. The molecule has 0 saturated heterocycles. The van der Waals surface area contributed by atoms with Gasteiger partial charge in [0.25, 0.3) is 11.5 Å². The lowest BCUT2D eigenvalue weighted by atomic mass is 10.2. The van der Waals surface area contributed by atoms with E-state index in [-0.39, 0.29) is 31.6 Å². The number of esters is 1. The fourth-order valence-electron chi connectivity index (χ4n) is 2.58. The molecule has 2 N–H and O–H groups in total. The van der Waals surface area contributed by atoms with Gasteiger partial charge in [-0.2, -0.15) is 0 Å². The van der Waals surface area contributed by atoms with Crippen LogP contribution in [0.1, 0.15) is 17.8 Å². The van der Waals surface area contributed by atoms with E-state index in [4.69, 9.17) is 16.3 Å². The zero-order valence-electron chi connectivity index (χ0n) is 14.9. The monoisotopic (exact) mass is 399 g/mol. The number of nitrogens with zero attached hydrogens (tertiary/aromatic N) is 1. The zero-order chi connectivity index (χ0) is 19.9. The van der Waals surface area contributed by atoms with E-state index in [1.54, 1.807) is 42.5 Å². The highest BCUT2D eigenvalue weighted by atomic mass is 35.5. The van der Waals surface area contributed by atoms with E-state index < -0.39 is 11.9 Å². The minimum absolute atomic E-state index is 0.000919. The van der Waals surface area contributed by atoms with Crippen LogP contribution in [-0.4, -0.2) is 28.5 Å². The van der Waals surface area contributed by atoms with Crippen molar-refractivity contribution in [3.8, 4) is 0 Å². The van der Waals surface area contributed by atoms with E-state index in [0.717, 1.165) is 5.56 Å². The minimum atomic E-state index is -0.552. The summed E-state index contributed by atoms with van der Waals surface area (Å²) in [6.07, 6.45) is 0.208. The van der Waals surface area contributed by atoms with Crippen molar-refractivity contribution >= 4 is 34.4 Å². The Morgan fingerprint density at radius 2 is 1.86 bits per heavy atom. The summed E-state index contributed by atoms with van der Waals surface area (Å²) in [5, 5.41) is 3.68. The van der Waals surface area contributed by atoms with Gasteiger partial charge in [0.1, 0.15) is 5.82 Å². The van der Waals surface area contributed by atoms with Crippen molar-refractivity contribution in [3.63, 3.8) is 0 Å². The summed E-state index contributed by atoms with van der Waals surface area (Å²) >= 11 is 6.01. The number of aromatic nitrogens is 2. The summed E-state index contributed by atoms with van der Waals surface area (Å²) in [7, 11) is 0. The van der Waals surface area contributed by atoms with Gasteiger partial charge in [-0.05, 0) is 23.8 Å². The molecule has 8 heteroatoms. The lowest BCUT2D eigenvalue weighted by Gasteiger charge is -2.08. The first-order chi connectivity index (χ1) is 13.5. The molecule has 3 rings (SSSR count). The van der Waals surface area contributed by atoms with Crippen LogP contribution in [0.3, 0.4) is 0 Å². The van der Waals surface area contributed by atoms with Crippen LogP contribution >= 0.6 is 11.6 Å². The standard InChI is InChI=1S/C20H18ClN3O4/c21-15-7-3-1-5-13(15)11-22-18(25)12-28-19(26)10-9-17-23-16-8-4-2-6-14(16)20(27)24-17/h1-8H,9-12H2,(H,22,25)(H,23,24,27). The van der Waals surface area contributed by atoms with Crippen LogP contribution < -0.4 is 10.9 Å². The summed E-state index contributed by atoms with van der Waals surface area (Å²) in [6.45, 7) is -0.136. The minimum Gasteiger partial charge on any atom is -0.456 e. The topological polar surface area (TPSA) is 101 Å². The molecule has 3 aromatic rings. The molecule has 0 atom stereocenters. The predicted octanol–water partition coefficient (Wildman–Crippen LogP) is 2.37. The average molecular weight is 400 g/mol. The van der Waals surface area contributed by atoms with Crippen LogP contribution in [0.4, 0.5) is 0 Å². The molecule has 28 heavy (non-hydrogen) atoms. The number of hydrogen-bond acceptors (Lipinski definition) is 5. The Morgan fingerprint density at radius 3 is 2.68 bits per heavy atom. The molecule has 0 radical (unpaired) electrons. The molecule has 1 amide bonds. The number of ether oxygens (including phenoxy) is 1. The first kappa shape index (κ1) is 19.6. The Labute approximate surface area is 165 Å². The number of fused-ring (bicyclic) bond motifs is 1. The maximum absolute atomic E-state index is 12.0. The quantitative estimate of drug-likeness (QED) is 0.594. The second-order valence-electron chi connectivity index (χ2n) is 6.06. The van der Waals surface area contributed by atoms with Gasteiger partial charge in [-0.25, -0.2) is 4.98 Å². The highest BCUT2D eigenvalue weighted by molar-refractivity contribution is 6.31. The van der Waals surface area contributed by atoms with Gasteiger partial charge < -0.3 is 15.0 Å². The number of para-hydroxylation sites is 1. The van der Waals surface area contributed by atoms with Crippen molar-refractivity contribution in [1.29, 1.82) is 0 Å². The first-order valence-corrected chi connectivity index (χ1v) is 9.04. The molecule has 1 heterocycles. The maximum Gasteiger partial charge on any atom is 0.306 e. The number of aromatic amines is 1. The number of aryl methyl sites for hydroxylation is 1. The van der Waals surface area contributed by atoms with Crippen molar-refractivity contribution in [1.82, 2.24) is 15.3 Å². The summed E-state index contributed by atoms with van der Waals surface area (Å²) in [6, 6.07) is 14.1. The number of nitrogens with one attached hydrogen (secondary N) is 2. The molecule has 7 nitrogen and oxygen atoms in total. The zero-order valence-corrected chi connectivity index (χ0v) is 15.7. The molecule has 0 spiro atoms. The molecule has 0 fully saturated rings. The van der Waals surface area contributed by atoms with Gasteiger partial charge >= 0.3 is 5.97 Å². The molecule has 0 bridgehead atoms. The third kappa shape index (κ3) is 5.17. The number of H-pyrrole nitrogens is 1. The molecule has 144 valence electrons. The SMILES string of the molecule is O=C(COC(=O)CCc1nc2ccccc2c(=O)[nH]1)NCc1ccccc1Cl. The highest BCUT2D eigenvalue weighted by Gasteiger charge is 2.10. The summed E-state index contributed by atoms with van der Waals surface area (Å²) < 4.78 is 4.96. The van der Waals surface area contributed by atoms with Gasteiger partial charge in [-0.3, -0.25) is 14.4 Å². The van der Waals surface area contributed by atoms with Gasteiger partial charge in [0, 0.05) is 18.0 Å². The normalized spacial score (nSPS) is 10.6. The number of rotatable bonds is 7. The summed E-state index contributed by atoms with van der Waals surface area (Å²) in [5.41, 5.74) is 1.08. The lowest BCUT2D eigenvalue weighted by molar-refractivity contribution is -0.148. The second kappa shape index (κ2) is 9.14. The van der Waals surface area contributed by atoms with Crippen LogP contribution in [-0.2, 0) is 27.3 Å². The van der Waals surface area contributed by atoms with Gasteiger partial charge in [-0.1, -0.05) is 41.9 Å². The fraction of sp³-hybridized carbons (Fsp3) is 0.200. The van der Waals surface area contributed by atoms with Crippen molar-refractivity contribution < 1.29 is 14.3 Å². The molecule has 0 aliphatic rings. The number of carbonyl (C=O) groups excluding carboxylic acids is 2. The lowest BCUT2D eigenvalue weighted by Crippen LogP contribution is -2.28. The Hall–Kier alpha value is -3.19. The van der Waals surface area contributed by atoms with Crippen molar-refractivity contribution in [3.05, 3.63) is 75.3 Å². The molecular formula is C20H18ClN3O4. The number of benzene rings is 2. The van der Waals surface area contributed by atoms with Gasteiger partial charge in [0.05, 0.1) is 17.3 Å². The first-order valence-electron chi connectivity index (χ1n) is 8.66. The van der Waals surface area contributed by atoms with Crippen LogP contribution in [0.15, 0.2) is 53.3 Å².